The van der Waals surface area contributed by atoms with Crippen LogP contribution in [-0.2, 0) is 4.74 Å². The highest BCUT2D eigenvalue weighted by molar-refractivity contribution is 6.14. The van der Waals surface area contributed by atoms with Crippen molar-refractivity contribution in [1.82, 2.24) is 4.42 Å². The molecule has 0 radical (unpaired) electrons. The molecule has 0 aromatic rings. The van der Waals surface area contributed by atoms with Gasteiger partial charge in [0.15, 0.2) is 0 Å². The molecule has 0 amide bonds. The first kappa shape index (κ1) is 10.3. The number of ether oxygens (including phenoxy) is 1. The minimum atomic E-state index is -0.276. The van der Waals surface area contributed by atoms with Crippen LogP contribution < -0.4 is 0 Å². The minimum Gasteiger partial charge on any atom is -0.358 e. The van der Waals surface area contributed by atoms with Crippen molar-refractivity contribution >= 4 is 11.8 Å². The van der Waals surface area contributed by atoms with Gasteiger partial charge in [-0.15, -0.1) is 0 Å². The molecular weight excluding hydrogens is 174 g/mol. The molecule has 0 bridgehead atoms. The van der Waals surface area contributed by atoms with Gasteiger partial charge in [0.2, 0.25) is 0 Å². The summed E-state index contributed by atoms with van der Waals surface area (Å²) < 4.78 is 7.56. The van der Waals surface area contributed by atoms with Crippen molar-refractivity contribution in [1.29, 1.82) is 0 Å². The highest BCUT2D eigenvalue weighted by atomic mass is 35.5. The van der Waals surface area contributed by atoms with E-state index in [0.29, 0.717) is 12.0 Å². The van der Waals surface area contributed by atoms with Crippen molar-refractivity contribution in [2.24, 2.45) is 5.92 Å². The standard InChI is InChI=1S/C9H18ClNO/c1-5-8-6-12-9(4,7(2)3)11(8)10/h7-8H,5-6H2,1-4H3/t8-,9-/m1/s1. The molecule has 0 spiro atoms. The molecule has 0 saturated carbocycles. The van der Waals surface area contributed by atoms with Gasteiger partial charge in [0.25, 0.3) is 0 Å². The van der Waals surface area contributed by atoms with E-state index in [1.807, 2.05) is 4.42 Å². The highest BCUT2D eigenvalue weighted by Crippen LogP contribution is 2.36. The zero-order chi connectivity index (χ0) is 9.35. The molecule has 0 unspecified atom stereocenters. The molecule has 72 valence electrons. The first-order chi connectivity index (χ1) is 5.52. The van der Waals surface area contributed by atoms with E-state index in [0.717, 1.165) is 13.0 Å². The summed E-state index contributed by atoms with van der Waals surface area (Å²) in [7, 11) is 0. The Labute approximate surface area is 79.9 Å². The smallest absolute Gasteiger partial charge is 0.134 e. The maximum atomic E-state index is 6.19. The summed E-state index contributed by atoms with van der Waals surface area (Å²) in [4.78, 5) is 0. The van der Waals surface area contributed by atoms with Crippen LogP contribution in [0.15, 0.2) is 0 Å². The van der Waals surface area contributed by atoms with E-state index in [2.05, 4.69) is 27.7 Å². The van der Waals surface area contributed by atoms with E-state index in [1.54, 1.807) is 0 Å². The largest absolute Gasteiger partial charge is 0.358 e. The third-order valence-electron chi connectivity index (χ3n) is 2.86. The fourth-order valence-corrected chi connectivity index (χ4v) is 1.88. The van der Waals surface area contributed by atoms with Crippen molar-refractivity contribution in [2.75, 3.05) is 6.61 Å². The maximum absolute atomic E-state index is 6.19. The molecule has 1 aliphatic rings. The lowest BCUT2D eigenvalue weighted by molar-refractivity contribution is -0.0701. The van der Waals surface area contributed by atoms with Crippen LogP contribution in [0.4, 0.5) is 0 Å². The van der Waals surface area contributed by atoms with Gasteiger partial charge < -0.3 is 4.74 Å². The third-order valence-corrected chi connectivity index (χ3v) is 3.47. The lowest BCUT2D eigenvalue weighted by atomic mass is 10.0. The van der Waals surface area contributed by atoms with Gasteiger partial charge in [-0.25, -0.2) is 0 Å². The average molecular weight is 192 g/mol. The molecule has 1 heterocycles. The van der Waals surface area contributed by atoms with Crippen LogP contribution in [0.2, 0.25) is 0 Å². The summed E-state index contributed by atoms with van der Waals surface area (Å²) in [6.07, 6.45) is 1.05. The molecule has 0 aliphatic carbocycles. The minimum absolute atomic E-state index is 0.276. The number of rotatable bonds is 2. The summed E-state index contributed by atoms with van der Waals surface area (Å²) in [5.74, 6) is 0.423. The number of hydrogen-bond acceptors (Lipinski definition) is 2. The Balaban J connectivity index is 2.70. The van der Waals surface area contributed by atoms with Crippen molar-refractivity contribution in [2.45, 2.75) is 45.9 Å². The summed E-state index contributed by atoms with van der Waals surface area (Å²) >= 11 is 6.19. The quantitative estimate of drug-likeness (QED) is 0.623. The van der Waals surface area contributed by atoms with Gasteiger partial charge >= 0.3 is 0 Å². The first-order valence-electron chi connectivity index (χ1n) is 4.61. The van der Waals surface area contributed by atoms with E-state index < -0.39 is 0 Å². The summed E-state index contributed by atoms with van der Waals surface area (Å²) in [5, 5.41) is 0. The van der Waals surface area contributed by atoms with Crippen molar-refractivity contribution < 1.29 is 4.74 Å². The fourth-order valence-electron chi connectivity index (χ4n) is 1.45. The van der Waals surface area contributed by atoms with Crippen molar-refractivity contribution in [3.8, 4) is 0 Å². The molecule has 2 atom stereocenters. The van der Waals surface area contributed by atoms with E-state index in [9.17, 15) is 0 Å². The zero-order valence-corrected chi connectivity index (χ0v) is 9.06. The number of hydrogen-bond donors (Lipinski definition) is 0. The maximum Gasteiger partial charge on any atom is 0.134 e. The molecule has 0 aromatic heterocycles. The van der Waals surface area contributed by atoms with Gasteiger partial charge in [-0.1, -0.05) is 20.8 Å². The van der Waals surface area contributed by atoms with Gasteiger partial charge in [0.05, 0.1) is 12.6 Å². The summed E-state index contributed by atoms with van der Waals surface area (Å²) in [6.45, 7) is 9.21. The Bertz CT molecular complexity index is 163. The van der Waals surface area contributed by atoms with Crippen molar-refractivity contribution in [3.63, 3.8) is 0 Å². The Morgan fingerprint density at radius 3 is 2.50 bits per heavy atom. The molecule has 12 heavy (non-hydrogen) atoms. The predicted molar refractivity (Wildman–Crippen MR) is 51.0 cm³/mol. The van der Waals surface area contributed by atoms with E-state index in [-0.39, 0.29) is 5.72 Å². The topological polar surface area (TPSA) is 12.5 Å². The summed E-state index contributed by atoms with van der Waals surface area (Å²) in [6, 6.07) is 0.374. The predicted octanol–water partition coefficient (Wildman–Crippen LogP) is 2.62. The van der Waals surface area contributed by atoms with Gasteiger partial charge in [0, 0.05) is 0 Å². The fraction of sp³-hybridized carbons (Fsp3) is 1.00. The average Bonchev–Trinajstić information content (AvgIpc) is 2.31. The van der Waals surface area contributed by atoms with E-state index in [4.69, 9.17) is 16.5 Å². The Hall–Kier alpha value is 0.210. The molecule has 0 N–H and O–H groups in total. The zero-order valence-electron chi connectivity index (χ0n) is 8.30. The van der Waals surface area contributed by atoms with Crippen LogP contribution in [0.1, 0.15) is 34.1 Å². The Morgan fingerprint density at radius 1 is 1.67 bits per heavy atom. The van der Waals surface area contributed by atoms with Gasteiger partial charge in [-0.05, 0) is 31.0 Å². The van der Waals surface area contributed by atoms with Crippen LogP contribution in [-0.4, -0.2) is 22.8 Å². The normalized spacial score (nSPS) is 38.0. The van der Waals surface area contributed by atoms with E-state index in [1.165, 1.54) is 0 Å². The molecule has 1 saturated heterocycles. The van der Waals surface area contributed by atoms with Gasteiger partial charge in [-0.3, -0.25) is 0 Å². The SMILES string of the molecule is CC[C@@H]1CO[C@](C)(C(C)C)N1Cl. The number of halogens is 1. The highest BCUT2D eigenvalue weighted by Gasteiger charge is 2.44. The molecule has 1 fully saturated rings. The van der Waals surface area contributed by atoms with Crippen LogP contribution in [0, 0.1) is 5.92 Å². The Kier molecular flexibility index (Phi) is 3.02. The monoisotopic (exact) mass is 191 g/mol. The second-order valence-corrected chi connectivity index (χ2v) is 4.26. The molecule has 1 aliphatic heterocycles. The van der Waals surface area contributed by atoms with Gasteiger partial charge in [-0.2, -0.15) is 4.42 Å². The lowest BCUT2D eigenvalue weighted by Gasteiger charge is -2.34. The van der Waals surface area contributed by atoms with Crippen LogP contribution >= 0.6 is 11.8 Å². The number of nitrogens with zero attached hydrogens (tertiary/aromatic N) is 1. The van der Waals surface area contributed by atoms with Crippen LogP contribution in [0.3, 0.4) is 0 Å². The third kappa shape index (κ3) is 1.48. The second-order valence-electron chi connectivity index (χ2n) is 3.89. The second kappa shape index (κ2) is 3.52. The van der Waals surface area contributed by atoms with Gasteiger partial charge in [0.1, 0.15) is 5.72 Å². The summed E-state index contributed by atoms with van der Waals surface area (Å²) in [5.41, 5.74) is -0.276. The molecular formula is C9H18ClNO. The van der Waals surface area contributed by atoms with Crippen LogP contribution in [0.25, 0.3) is 0 Å². The molecule has 0 aromatic carbocycles. The molecule has 1 rings (SSSR count). The Morgan fingerprint density at radius 2 is 2.25 bits per heavy atom. The molecule has 3 heteroatoms. The van der Waals surface area contributed by atoms with E-state index >= 15 is 0 Å². The van der Waals surface area contributed by atoms with Crippen molar-refractivity contribution in [3.05, 3.63) is 0 Å². The first-order valence-corrected chi connectivity index (χ1v) is 4.95. The van der Waals surface area contributed by atoms with Crippen LogP contribution in [0.5, 0.6) is 0 Å². The molecule has 2 nitrogen and oxygen atoms in total. The lowest BCUT2D eigenvalue weighted by Crippen LogP contribution is -2.43.